The van der Waals surface area contributed by atoms with Crippen LogP contribution in [0.5, 0.6) is 0 Å². The van der Waals surface area contributed by atoms with Gasteiger partial charge in [-0.3, -0.25) is 4.79 Å². The maximum absolute atomic E-state index is 12.4. The van der Waals surface area contributed by atoms with Crippen molar-refractivity contribution in [1.82, 2.24) is 19.6 Å². The van der Waals surface area contributed by atoms with Crippen molar-refractivity contribution in [2.24, 2.45) is 5.92 Å². The summed E-state index contributed by atoms with van der Waals surface area (Å²) < 4.78 is 1.91. The van der Waals surface area contributed by atoms with Gasteiger partial charge in [-0.2, -0.15) is 0 Å². The highest BCUT2D eigenvalue weighted by Gasteiger charge is 2.34. The lowest BCUT2D eigenvalue weighted by Crippen LogP contribution is -2.57. The number of hydrogen-bond donors (Lipinski definition) is 1. The summed E-state index contributed by atoms with van der Waals surface area (Å²) in [6.07, 6.45) is 7.82. The van der Waals surface area contributed by atoms with Crippen LogP contribution in [0.25, 0.3) is 5.52 Å². The first-order valence-electron chi connectivity index (χ1n) is 7.24. The van der Waals surface area contributed by atoms with Crippen molar-refractivity contribution in [2.45, 2.75) is 18.9 Å². The molecule has 5 rings (SSSR count). The highest BCUT2D eigenvalue weighted by atomic mass is 16.1. The number of pyridine rings is 1. The van der Waals surface area contributed by atoms with E-state index in [4.69, 9.17) is 0 Å². The zero-order valence-electron chi connectivity index (χ0n) is 11.3. The van der Waals surface area contributed by atoms with Crippen LogP contribution < -0.4 is 5.32 Å². The predicted molar refractivity (Wildman–Crippen MR) is 75.6 cm³/mol. The molecule has 3 saturated heterocycles. The number of rotatable bonds is 2. The smallest absolute Gasteiger partial charge is 0.251 e. The number of nitrogens with zero attached hydrogens (tertiary/aromatic N) is 3. The average molecular weight is 270 g/mol. The Morgan fingerprint density at radius 3 is 2.95 bits per heavy atom. The molecule has 0 aromatic carbocycles. The van der Waals surface area contributed by atoms with E-state index in [0.29, 0.717) is 12.0 Å². The Balaban J connectivity index is 1.52. The lowest BCUT2D eigenvalue weighted by atomic mass is 9.84. The van der Waals surface area contributed by atoms with Gasteiger partial charge in [-0.1, -0.05) is 0 Å². The topological polar surface area (TPSA) is 49.6 Å². The zero-order valence-corrected chi connectivity index (χ0v) is 11.3. The number of nitrogens with one attached hydrogen (secondary N) is 1. The number of carbonyl (C=O) groups is 1. The molecule has 1 N–H and O–H groups in total. The molecule has 20 heavy (non-hydrogen) atoms. The Morgan fingerprint density at radius 2 is 2.20 bits per heavy atom. The molecule has 2 aromatic heterocycles. The average Bonchev–Trinajstić information content (AvgIpc) is 2.96. The van der Waals surface area contributed by atoms with Gasteiger partial charge < -0.3 is 14.6 Å². The highest BCUT2D eigenvalue weighted by molar-refractivity contribution is 5.95. The summed E-state index contributed by atoms with van der Waals surface area (Å²) in [5.74, 6) is 0.690. The summed E-state index contributed by atoms with van der Waals surface area (Å²) in [5, 5.41) is 3.21. The summed E-state index contributed by atoms with van der Waals surface area (Å²) in [6.45, 7) is 3.39. The van der Waals surface area contributed by atoms with Crippen LogP contribution in [0.3, 0.4) is 0 Å². The number of amides is 1. The normalized spacial score (nSPS) is 28.7. The van der Waals surface area contributed by atoms with Crippen molar-refractivity contribution in [3.05, 3.63) is 36.4 Å². The molecule has 0 saturated carbocycles. The van der Waals surface area contributed by atoms with Crippen LogP contribution >= 0.6 is 0 Å². The summed E-state index contributed by atoms with van der Waals surface area (Å²) in [7, 11) is 0. The molecule has 3 aliphatic rings. The Kier molecular flexibility index (Phi) is 2.73. The largest absolute Gasteiger partial charge is 0.348 e. The van der Waals surface area contributed by atoms with Crippen molar-refractivity contribution >= 4 is 11.4 Å². The second kappa shape index (κ2) is 4.59. The van der Waals surface area contributed by atoms with Gasteiger partial charge in [0.25, 0.3) is 5.91 Å². The van der Waals surface area contributed by atoms with E-state index in [0.717, 1.165) is 17.6 Å². The third kappa shape index (κ3) is 1.98. The minimum Gasteiger partial charge on any atom is -0.348 e. The monoisotopic (exact) mass is 270 g/mol. The van der Waals surface area contributed by atoms with Gasteiger partial charge in [-0.05, 0) is 44.0 Å². The molecule has 2 bridgehead atoms. The van der Waals surface area contributed by atoms with Crippen LogP contribution in [0.2, 0.25) is 0 Å². The third-order valence-corrected chi connectivity index (χ3v) is 4.65. The van der Waals surface area contributed by atoms with Crippen LogP contribution in [0.4, 0.5) is 0 Å². The van der Waals surface area contributed by atoms with Gasteiger partial charge in [0.2, 0.25) is 0 Å². The molecular weight excluding hydrogens is 252 g/mol. The number of hydrogen-bond acceptors (Lipinski definition) is 3. The van der Waals surface area contributed by atoms with Gasteiger partial charge in [0.15, 0.2) is 0 Å². The Morgan fingerprint density at radius 1 is 1.35 bits per heavy atom. The SMILES string of the molecule is O=C(N[C@H]1CN2CCC1CC2)c1ccn2cncc2c1. The third-order valence-electron chi connectivity index (χ3n) is 4.65. The fourth-order valence-corrected chi connectivity index (χ4v) is 3.44. The van der Waals surface area contributed by atoms with Gasteiger partial charge in [-0.25, -0.2) is 4.98 Å². The minimum absolute atomic E-state index is 0.0347. The minimum atomic E-state index is 0.0347. The second-order valence-electron chi connectivity index (χ2n) is 5.86. The predicted octanol–water partition coefficient (Wildman–Crippen LogP) is 1.16. The van der Waals surface area contributed by atoms with E-state index in [-0.39, 0.29) is 5.91 Å². The summed E-state index contributed by atoms with van der Waals surface area (Å²) >= 11 is 0. The van der Waals surface area contributed by atoms with E-state index in [1.807, 2.05) is 22.7 Å². The zero-order chi connectivity index (χ0) is 13.5. The molecule has 1 atom stereocenters. The van der Waals surface area contributed by atoms with E-state index in [1.54, 1.807) is 12.5 Å². The summed E-state index contributed by atoms with van der Waals surface area (Å²) in [4.78, 5) is 18.9. The molecule has 0 unspecified atom stereocenters. The molecule has 3 fully saturated rings. The molecule has 0 aliphatic carbocycles. The van der Waals surface area contributed by atoms with E-state index in [1.165, 1.54) is 25.9 Å². The van der Waals surface area contributed by atoms with Gasteiger partial charge in [0.1, 0.15) is 0 Å². The van der Waals surface area contributed by atoms with Crippen LogP contribution in [0.15, 0.2) is 30.9 Å². The van der Waals surface area contributed by atoms with Gasteiger partial charge >= 0.3 is 0 Å². The van der Waals surface area contributed by atoms with E-state index in [9.17, 15) is 4.79 Å². The van der Waals surface area contributed by atoms with Crippen LogP contribution in [0, 0.1) is 5.92 Å². The van der Waals surface area contributed by atoms with Gasteiger partial charge in [0.05, 0.1) is 18.0 Å². The molecule has 0 spiro atoms. The quantitative estimate of drug-likeness (QED) is 0.891. The number of imidazole rings is 1. The van der Waals surface area contributed by atoms with Crippen LogP contribution in [-0.4, -0.2) is 45.9 Å². The fourth-order valence-electron chi connectivity index (χ4n) is 3.44. The Labute approximate surface area is 117 Å². The van der Waals surface area contributed by atoms with Crippen molar-refractivity contribution in [3.8, 4) is 0 Å². The maximum atomic E-state index is 12.4. The number of aromatic nitrogens is 2. The molecule has 0 radical (unpaired) electrons. The van der Waals surface area contributed by atoms with Crippen molar-refractivity contribution < 1.29 is 4.79 Å². The van der Waals surface area contributed by atoms with Crippen molar-refractivity contribution in [1.29, 1.82) is 0 Å². The molecule has 5 heterocycles. The lowest BCUT2D eigenvalue weighted by molar-refractivity contribution is 0.0620. The first-order valence-corrected chi connectivity index (χ1v) is 7.24. The maximum Gasteiger partial charge on any atom is 0.251 e. The second-order valence-corrected chi connectivity index (χ2v) is 5.86. The van der Waals surface area contributed by atoms with Crippen LogP contribution in [-0.2, 0) is 0 Å². The fraction of sp³-hybridized carbons (Fsp3) is 0.467. The first kappa shape index (κ1) is 11.9. The van der Waals surface area contributed by atoms with Crippen molar-refractivity contribution in [2.75, 3.05) is 19.6 Å². The molecule has 3 aliphatic heterocycles. The van der Waals surface area contributed by atoms with E-state index >= 15 is 0 Å². The summed E-state index contributed by atoms with van der Waals surface area (Å²) in [5.41, 5.74) is 1.67. The standard InChI is InChI=1S/C15H18N4O/c20-15(12-3-6-19-10-16-8-13(19)7-12)17-14-9-18-4-1-11(14)2-5-18/h3,6-8,10-11,14H,1-2,4-5,9H2,(H,17,20)/t14-/m0/s1. The lowest BCUT2D eigenvalue weighted by Gasteiger charge is -2.44. The highest BCUT2D eigenvalue weighted by Crippen LogP contribution is 2.27. The molecule has 2 aromatic rings. The Hall–Kier alpha value is -1.88. The Bertz CT molecular complexity index is 642. The van der Waals surface area contributed by atoms with Gasteiger partial charge in [0, 0.05) is 24.3 Å². The molecule has 1 amide bonds. The van der Waals surface area contributed by atoms with E-state index in [2.05, 4.69) is 15.2 Å². The van der Waals surface area contributed by atoms with Crippen molar-refractivity contribution in [3.63, 3.8) is 0 Å². The van der Waals surface area contributed by atoms with E-state index < -0.39 is 0 Å². The summed E-state index contributed by atoms with van der Waals surface area (Å²) in [6, 6.07) is 4.06. The van der Waals surface area contributed by atoms with Crippen LogP contribution in [0.1, 0.15) is 23.2 Å². The molecular formula is C15H18N4O. The number of carbonyl (C=O) groups excluding carboxylic acids is 1. The first-order chi connectivity index (χ1) is 9.79. The number of piperidine rings is 3. The molecule has 104 valence electrons. The molecule has 5 heteroatoms. The van der Waals surface area contributed by atoms with Gasteiger partial charge in [-0.15, -0.1) is 0 Å². The molecule has 5 nitrogen and oxygen atoms in total. The number of fused-ring (bicyclic) bond motifs is 4.